The minimum Gasteiger partial charge on any atom is -0.312 e. The summed E-state index contributed by atoms with van der Waals surface area (Å²) in [5.41, 5.74) is 4.38. The summed E-state index contributed by atoms with van der Waals surface area (Å²) in [7, 11) is 0. The van der Waals surface area contributed by atoms with Gasteiger partial charge in [-0.3, -0.25) is 4.79 Å². The van der Waals surface area contributed by atoms with Crippen molar-refractivity contribution in [2.24, 2.45) is 0 Å². The molecule has 1 amide bonds. The molecule has 0 bridgehead atoms. The van der Waals surface area contributed by atoms with Gasteiger partial charge in [-0.15, -0.1) is 0 Å². The number of hydrogen-bond acceptors (Lipinski definition) is 3. The van der Waals surface area contributed by atoms with E-state index in [2.05, 4.69) is 22.9 Å². The molecule has 1 heterocycles. The molecule has 0 aliphatic carbocycles. The molecular weight excluding hydrogens is 202 g/mol. The van der Waals surface area contributed by atoms with Crippen molar-refractivity contribution in [3.05, 3.63) is 47.8 Å². The number of nitrogens with zero attached hydrogens (tertiary/aromatic N) is 1. The predicted molar refractivity (Wildman–Crippen MR) is 61.9 cm³/mol. The smallest absolute Gasteiger partial charge is 0.222 e. The van der Waals surface area contributed by atoms with Gasteiger partial charge in [-0.1, -0.05) is 30.3 Å². The highest BCUT2D eigenvalue weighted by Gasteiger charge is 2.13. The Balaban J connectivity index is 1.85. The van der Waals surface area contributed by atoms with Crippen LogP contribution in [0.15, 0.2) is 42.2 Å². The molecule has 0 saturated carbocycles. The first-order chi connectivity index (χ1) is 7.74. The highest BCUT2D eigenvalue weighted by Crippen LogP contribution is 2.06. The fourth-order valence-electron chi connectivity index (χ4n) is 1.64. The number of rotatable bonds is 3. The van der Waals surface area contributed by atoms with E-state index < -0.39 is 0 Å². The molecular formula is C12H15N3O. The van der Waals surface area contributed by atoms with Crippen molar-refractivity contribution >= 4 is 5.91 Å². The molecule has 0 aromatic heterocycles. The molecule has 0 fully saturated rings. The molecule has 4 heteroatoms. The number of carbonyl (C=O) groups is 1. The summed E-state index contributed by atoms with van der Waals surface area (Å²) >= 11 is 0. The first kappa shape index (κ1) is 10.7. The lowest BCUT2D eigenvalue weighted by atomic mass is 10.2. The summed E-state index contributed by atoms with van der Waals surface area (Å²) in [6.45, 7) is 3.12. The summed E-state index contributed by atoms with van der Waals surface area (Å²) < 4.78 is 0. The van der Waals surface area contributed by atoms with Crippen LogP contribution in [0, 0.1) is 0 Å². The molecule has 4 nitrogen and oxygen atoms in total. The van der Waals surface area contributed by atoms with Gasteiger partial charge in [-0.25, -0.2) is 5.01 Å². The van der Waals surface area contributed by atoms with E-state index >= 15 is 0 Å². The molecule has 1 aliphatic heterocycles. The molecule has 1 aromatic carbocycles. The molecule has 84 valence electrons. The Kier molecular flexibility index (Phi) is 3.22. The average Bonchev–Trinajstić information content (AvgIpc) is 2.66. The van der Waals surface area contributed by atoms with Crippen molar-refractivity contribution in [2.75, 3.05) is 6.54 Å². The predicted octanol–water partition coefficient (Wildman–Crippen LogP) is 0.984. The molecule has 2 rings (SSSR count). The van der Waals surface area contributed by atoms with Gasteiger partial charge in [0, 0.05) is 20.0 Å². The molecule has 0 radical (unpaired) electrons. The van der Waals surface area contributed by atoms with Gasteiger partial charge in [-0.05, 0) is 11.6 Å². The highest BCUT2D eigenvalue weighted by atomic mass is 16.1. The van der Waals surface area contributed by atoms with Crippen LogP contribution in [-0.4, -0.2) is 17.5 Å². The fraction of sp³-hybridized carbons (Fsp3) is 0.250. The average molecular weight is 217 g/mol. The van der Waals surface area contributed by atoms with E-state index in [4.69, 9.17) is 0 Å². The topological polar surface area (TPSA) is 44.4 Å². The number of nitrogens with one attached hydrogen (secondary N) is 2. The van der Waals surface area contributed by atoms with Gasteiger partial charge in [-0.2, -0.15) is 0 Å². The Labute approximate surface area is 94.9 Å². The molecule has 1 aliphatic rings. The van der Waals surface area contributed by atoms with E-state index in [1.807, 2.05) is 29.3 Å². The largest absolute Gasteiger partial charge is 0.312 e. The van der Waals surface area contributed by atoms with Crippen LogP contribution >= 0.6 is 0 Å². The van der Waals surface area contributed by atoms with E-state index in [1.165, 1.54) is 12.5 Å². The lowest BCUT2D eigenvalue weighted by Gasteiger charge is -2.17. The minimum atomic E-state index is -0.0553. The van der Waals surface area contributed by atoms with Crippen molar-refractivity contribution in [3.63, 3.8) is 0 Å². The number of hydrazine groups is 1. The first-order valence-corrected chi connectivity index (χ1v) is 5.27. The van der Waals surface area contributed by atoms with Crippen LogP contribution in [0.25, 0.3) is 0 Å². The van der Waals surface area contributed by atoms with Crippen LogP contribution in [0.1, 0.15) is 12.5 Å². The van der Waals surface area contributed by atoms with Crippen molar-refractivity contribution in [1.29, 1.82) is 0 Å². The summed E-state index contributed by atoms with van der Waals surface area (Å²) in [6, 6.07) is 10.2. The van der Waals surface area contributed by atoms with E-state index in [0.29, 0.717) is 0 Å². The lowest BCUT2D eigenvalue weighted by molar-refractivity contribution is -0.118. The van der Waals surface area contributed by atoms with E-state index in [-0.39, 0.29) is 5.91 Å². The Morgan fingerprint density at radius 3 is 2.88 bits per heavy atom. The van der Waals surface area contributed by atoms with Crippen LogP contribution in [0.4, 0.5) is 0 Å². The van der Waals surface area contributed by atoms with Crippen LogP contribution in [0.2, 0.25) is 0 Å². The van der Waals surface area contributed by atoms with Gasteiger partial charge in [0.1, 0.15) is 5.82 Å². The van der Waals surface area contributed by atoms with Crippen molar-refractivity contribution in [3.8, 4) is 0 Å². The summed E-state index contributed by atoms with van der Waals surface area (Å²) in [6.07, 6.45) is 1.96. The second-order valence-electron chi connectivity index (χ2n) is 3.78. The van der Waals surface area contributed by atoms with E-state index in [0.717, 1.165) is 18.9 Å². The number of carbonyl (C=O) groups excluding carboxylic acids is 1. The fourth-order valence-corrected chi connectivity index (χ4v) is 1.64. The molecule has 16 heavy (non-hydrogen) atoms. The zero-order valence-electron chi connectivity index (χ0n) is 9.23. The summed E-state index contributed by atoms with van der Waals surface area (Å²) in [5, 5.41) is 4.77. The van der Waals surface area contributed by atoms with Gasteiger partial charge in [0.15, 0.2) is 0 Å². The second kappa shape index (κ2) is 4.81. The van der Waals surface area contributed by atoms with Crippen molar-refractivity contribution in [1.82, 2.24) is 15.8 Å². The molecule has 0 atom stereocenters. The van der Waals surface area contributed by atoms with Crippen LogP contribution in [-0.2, 0) is 11.3 Å². The minimum absolute atomic E-state index is 0.0553. The molecule has 1 aromatic rings. The zero-order chi connectivity index (χ0) is 11.4. The third-order valence-corrected chi connectivity index (χ3v) is 2.32. The van der Waals surface area contributed by atoms with E-state index in [9.17, 15) is 4.79 Å². The zero-order valence-corrected chi connectivity index (χ0v) is 9.23. The number of hydrogen-bond donors (Lipinski definition) is 2. The monoisotopic (exact) mass is 217 g/mol. The van der Waals surface area contributed by atoms with E-state index in [1.54, 1.807) is 0 Å². The second-order valence-corrected chi connectivity index (χ2v) is 3.78. The Morgan fingerprint density at radius 1 is 1.44 bits per heavy atom. The van der Waals surface area contributed by atoms with Gasteiger partial charge in [0.2, 0.25) is 5.91 Å². The highest BCUT2D eigenvalue weighted by molar-refractivity contribution is 5.74. The quantitative estimate of drug-likeness (QED) is 0.793. The number of benzene rings is 1. The summed E-state index contributed by atoms with van der Waals surface area (Å²) in [5.74, 6) is 0.712. The number of amides is 1. The van der Waals surface area contributed by atoms with Crippen LogP contribution in [0.3, 0.4) is 0 Å². The maximum atomic E-state index is 10.9. The van der Waals surface area contributed by atoms with Crippen LogP contribution in [0.5, 0.6) is 0 Å². The summed E-state index contributed by atoms with van der Waals surface area (Å²) in [4.78, 5) is 10.9. The first-order valence-electron chi connectivity index (χ1n) is 5.27. The SMILES string of the molecule is CC(=O)NC1=CCN(Cc2ccccc2)N1. The third kappa shape index (κ3) is 2.84. The molecule has 0 saturated heterocycles. The van der Waals surface area contributed by atoms with Gasteiger partial charge in [0.25, 0.3) is 0 Å². The third-order valence-electron chi connectivity index (χ3n) is 2.32. The molecule has 2 N–H and O–H groups in total. The molecule has 0 unspecified atom stereocenters. The standard InChI is InChI=1S/C12H15N3O/c1-10(16)13-12-7-8-15(14-12)9-11-5-3-2-4-6-11/h2-7,14H,8-9H2,1H3,(H,13,16). The maximum absolute atomic E-state index is 10.9. The van der Waals surface area contributed by atoms with Gasteiger partial charge < -0.3 is 10.7 Å². The normalized spacial score (nSPS) is 15.4. The lowest BCUT2D eigenvalue weighted by Crippen LogP contribution is -2.36. The van der Waals surface area contributed by atoms with Crippen molar-refractivity contribution in [2.45, 2.75) is 13.5 Å². The Bertz CT molecular complexity index is 400. The van der Waals surface area contributed by atoms with Crippen molar-refractivity contribution < 1.29 is 4.79 Å². The Morgan fingerprint density at radius 2 is 2.19 bits per heavy atom. The maximum Gasteiger partial charge on any atom is 0.222 e. The molecule has 0 spiro atoms. The van der Waals surface area contributed by atoms with Crippen LogP contribution < -0.4 is 10.7 Å². The van der Waals surface area contributed by atoms with Gasteiger partial charge >= 0.3 is 0 Å². The Hall–Kier alpha value is -1.81. The van der Waals surface area contributed by atoms with Gasteiger partial charge in [0.05, 0.1) is 0 Å².